The lowest BCUT2D eigenvalue weighted by Crippen LogP contribution is -2.34. The molecule has 17 heavy (non-hydrogen) atoms. The molecule has 0 radical (unpaired) electrons. The first kappa shape index (κ1) is 11.5. The lowest BCUT2D eigenvalue weighted by atomic mass is 10.2. The number of amides is 1. The standard InChI is InChI=1S/C12H14N2O3/c1-7(6-15)14-12(16)11-5-8-4-9(13)2-3-10(8)17-11/h2-5,7,15H,6,13H2,1H3,(H,14,16). The SMILES string of the molecule is CC(CO)NC(=O)c1cc2cc(N)ccc2o1. The second-order valence-corrected chi connectivity index (χ2v) is 3.96. The van der Waals surface area contributed by atoms with Crippen molar-refractivity contribution >= 4 is 22.6 Å². The number of benzene rings is 1. The number of rotatable bonds is 3. The van der Waals surface area contributed by atoms with Crippen molar-refractivity contribution in [3.05, 3.63) is 30.0 Å². The van der Waals surface area contributed by atoms with Crippen LogP contribution in [0.5, 0.6) is 0 Å². The van der Waals surface area contributed by atoms with Crippen molar-refractivity contribution < 1.29 is 14.3 Å². The highest BCUT2D eigenvalue weighted by molar-refractivity contribution is 5.96. The molecule has 5 heteroatoms. The summed E-state index contributed by atoms with van der Waals surface area (Å²) in [6, 6.07) is 6.50. The molecule has 1 atom stereocenters. The molecule has 5 nitrogen and oxygen atoms in total. The highest BCUT2D eigenvalue weighted by Crippen LogP contribution is 2.21. The van der Waals surface area contributed by atoms with Gasteiger partial charge in [-0.1, -0.05) is 0 Å². The Bertz CT molecular complexity index is 548. The molecule has 1 aromatic heterocycles. The Balaban J connectivity index is 2.27. The molecule has 0 saturated heterocycles. The number of furan rings is 1. The minimum Gasteiger partial charge on any atom is -0.451 e. The van der Waals surface area contributed by atoms with Gasteiger partial charge in [0.25, 0.3) is 5.91 Å². The Hall–Kier alpha value is -2.01. The number of nitrogens with one attached hydrogen (secondary N) is 1. The van der Waals surface area contributed by atoms with E-state index in [1.165, 1.54) is 0 Å². The van der Waals surface area contributed by atoms with Gasteiger partial charge in [0.05, 0.1) is 6.61 Å². The maximum absolute atomic E-state index is 11.7. The minimum atomic E-state index is -0.346. The molecule has 0 aliphatic rings. The predicted octanol–water partition coefficient (Wildman–Crippen LogP) is 1.13. The van der Waals surface area contributed by atoms with Gasteiger partial charge in [0, 0.05) is 17.1 Å². The van der Waals surface area contributed by atoms with Gasteiger partial charge in [-0.2, -0.15) is 0 Å². The molecule has 90 valence electrons. The molecular formula is C12H14N2O3. The molecule has 2 rings (SSSR count). The van der Waals surface area contributed by atoms with Crippen molar-refractivity contribution in [1.29, 1.82) is 0 Å². The number of carbonyl (C=O) groups excluding carboxylic acids is 1. The van der Waals surface area contributed by atoms with E-state index in [4.69, 9.17) is 15.3 Å². The number of carbonyl (C=O) groups is 1. The van der Waals surface area contributed by atoms with Crippen LogP contribution in [0.3, 0.4) is 0 Å². The van der Waals surface area contributed by atoms with Crippen molar-refractivity contribution in [3.63, 3.8) is 0 Å². The maximum Gasteiger partial charge on any atom is 0.287 e. The summed E-state index contributed by atoms with van der Waals surface area (Å²) in [4.78, 5) is 11.7. The van der Waals surface area contributed by atoms with Gasteiger partial charge in [-0.15, -0.1) is 0 Å². The number of anilines is 1. The van der Waals surface area contributed by atoms with E-state index in [9.17, 15) is 4.79 Å². The third-order valence-electron chi connectivity index (χ3n) is 2.42. The summed E-state index contributed by atoms with van der Waals surface area (Å²) >= 11 is 0. The molecule has 0 bridgehead atoms. The van der Waals surface area contributed by atoms with Crippen molar-refractivity contribution in [1.82, 2.24) is 5.32 Å². The molecule has 1 amide bonds. The molecule has 0 spiro atoms. The fraction of sp³-hybridized carbons (Fsp3) is 0.250. The largest absolute Gasteiger partial charge is 0.451 e. The van der Waals surface area contributed by atoms with Crippen LogP contribution in [0.2, 0.25) is 0 Å². The van der Waals surface area contributed by atoms with E-state index in [-0.39, 0.29) is 24.3 Å². The molecular weight excluding hydrogens is 220 g/mol. The van der Waals surface area contributed by atoms with Crippen LogP contribution in [0.4, 0.5) is 5.69 Å². The zero-order chi connectivity index (χ0) is 12.4. The zero-order valence-electron chi connectivity index (χ0n) is 9.43. The molecule has 2 aromatic rings. The first-order chi connectivity index (χ1) is 8.10. The van der Waals surface area contributed by atoms with Crippen LogP contribution in [-0.4, -0.2) is 23.7 Å². The molecule has 4 N–H and O–H groups in total. The summed E-state index contributed by atoms with van der Waals surface area (Å²) in [6.45, 7) is 1.59. The lowest BCUT2D eigenvalue weighted by molar-refractivity contribution is 0.0896. The summed E-state index contributed by atoms with van der Waals surface area (Å²) in [7, 11) is 0. The molecule has 1 unspecified atom stereocenters. The lowest BCUT2D eigenvalue weighted by Gasteiger charge is -2.08. The van der Waals surface area contributed by atoms with Crippen LogP contribution in [0, 0.1) is 0 Å². The minimum absolute atomic E-state index is 0.112. The number of hydrogen-bond acceptors (Lipinski definition) is 4. The molecule has 0 aliphatic heterocycles. The number of nitrogen functional groups attached to an aromatic ring is 1. The van der Waals surface area contributed by atoms with Crippen molar-refractivity contribution in [2.45, 2.75) is 13.0 Å². The van der Waals surface area contributed by atoms with Gasteiger partial charge in [-0.25, -0.2) is 0 Å². The second-order valence-electron chi connectivity index (χ2n) is 3.96. The van der Waals surface area contributed by atoms with Gasteiger partial charge in [0.1, 0.15) is 5.58 Å². The average molecular weight is 234 g/mol. The Kier molecular flexibility index (Phi) is 3.01. The van der Waals surface area contributed by atoms with Crippen LogP contribution >= 0.6 is 0 Å². The summed E-state index contributed by atoms with van der Waals surface area (Å²) in [5.74, 6) is -0.132. The Morgan fingerprint density at radius 2 is 2.29 bits per heavy atom. The molecule has 1 heterocycles. The third-order valence-corrected chi connectivity index (χ3v) is 2.42. The van der Waals surface area contributed by atoms with Crippen molar-refractivity contribution in [3.8, 4) is 0 Å². The summed E-state index contributed by atoms with van der Waals surface area (Å²) in [5, 5.41) is 12.2. The van der Waals surface area contributed by atoms with E-state index >= 15 is 0 Å². The smallest absolute Gasteiger partial charge is 0.287 e. The molecule has 0 aliphatic carbocycles. The van der Waals surface area contributed by atoms with Gasteiger partial charge < -0.3 is 20.6 Å². The van der Waals surface area contributed by atoms with E-state index in [1.807, 2.05) is 0 Å². The number of nitrogens with two attached hydrogens (primary N) is 1. The van der Waals surface area contributed by atoms with Gasteiger partial charge in [-0.3, -0.25) is 4.79 Å². The van der Waals surface area contributed by atoms with E-state index < -0.39 is 0 Å². The van der Waals surface area contributed by atoms with E-state index in [1.54, 1.807) is 31.2 Å². The quantitative estimate of drug-likeness (QED) is 0.694. The predicted molar refractivity (Wildman–Crippen MR) is 64.6 cm³/mol. The molecule has 1 aromatic carbocycles. The first-order valence-corrected chi connectivity index (χ1v) is 5.31. The van der Waals surface area contributed by atoms with Crippen molar-refractivity contribution in [2.24, 2.45) is 0 Å². The Morgan fingerprint density at radius 3 is 3.00 bits per heavy atom. The zero-order valence-corrected chi connectivity index (χ0v) is 9.43. The maximum atomic E-state index is 11.7. The normalized spacial score (nSPS) is 12.6. The number of hydrogen-bond donors (Lipinski definition) is 3. The fourth-order valence-electron chi connectivity index (χ4n) is 1.51. The molecule has 0 fully saturated rings. The third kappa shape index (κ3) is 2.39. The first-order valence-electron chi connectivity index (χ1n) is 5.31. The number of fused-ring (bicyclic) bond motifs is 1. The van der Waals surface area contributed by atoms with E-state index in [0.29, 0.717) is 11.3 Å². The van der Waals surface area contributed by atoms with Crippen LogP contribution in [-0.2, 0) is 0 Å². The topological polar surface area (TPSA) is 88.5 Å². The van der Waals surface area contributed by atoms with Gasteiger partial charge in [-0.05, 0) is 31.2 Å². The summed E-state index contributed by atoms with van der Waals surface area (Å²) < 4.78 is 5.38. The monoisotopic (exact) mass is 234 g/mol. The second kappa shape index (κ2) is 4.47. The van der Waals surface area contributed by atoms with Crippen molar-refractivity contribution in [2.75, 3.05) is 12.3 Å². The average Bonchev–Trinajstić information content (AvgIpc) is 2.71. The van der Waals surface area contributed by atoms with Crippen LogP contribution in [0.1, 0.15) is 17.5 Å². The Labute approximate surface area is 98.2 Å². The summed E-state index contributed by atoms with van der Waals surface area (Å²) in [5.41, 5.74) is 6.87. The van der Waals surface area contributed by atoms with Crippen LogP contribution < -0.4 is 11.1 Å². The highest BCUT2D eigenvalue weighted by atomic mass is 16.3. The Morgan fingerprint density at radius 1 is 1.53 bits per heavy atom. The highest BCUT2D eigenvalue weighted by Gasteiger charge is 2.14. The number of aliphatic hydroxyl groups is 1. The van der Waals surface area contributed by atoms with E-state index in [2.05, 4.69) is 5.32 Å². The fourth-order valence-corrected chi connectivity index (χ4v) is 1.51. The van der Waals surface area contributed by atoms with E-state index in [0.717, 1.165) is 5.39 Å². The van der Waals surface area contributed by atoms with Gasteiger partial charge >= 0.3 is 0 Å². The van der Waals surface area contributed by atoms with Crippen LogP contribution in [0.25, 0.3) is 11.0 Å². The number of aliphatic hydroxyl groups excluding tert-OH is 1. The van der Waals surface area contributed by atoms with Crippen LogP contribution in [0.15, 0.2) is 28.7 Å². The summed E-state index contributed by atoms with van der Waals surface area (Å²) in [6.07, 6.45) is 0. The van der Waals surface area contributed by atoms with Gasteiger partial charge in [0.2, 0.25) is 0 Å². The van der Waals surface area contributed by atoms with Gasteiger partial charge in [0.15, 0.2) is 5.76 Å². The molecule has 0 saturated carbocycles.